The van der Waals surface area contributed by atoms with Crippen molar-refractivity contribution in [2.75, 3.05) is 7.11 Å². The minimum atomic E-state index is -0.521. The smallest absolute Gasteiger partial charge is 0.356 e. The Kier molecular flexibility index (Phi) is 6.14. The molecule has 4 rings (SSSR count). The van der Waals surface area contributed by atoms with Crippen molar-refractivity contribution in [3.05, 3.63) is 82.7 Å². The van der Waals surface area contributed by atoms with Crippen molar-refractivity contribution < 1.29 is 14.3 Å². The number of nitrogens with zero attached hydrogens (tertiary/aromatic N) is 3. The molecule has 0 aliphatic heterocycles. The summed E-state index contributed by atoms with van der Waals surface area (Å²) in [5.74, 6) is 0.227. The van der Waals surface area contributed by atoms with Gasteiger partial charge in [0.05, 0.1) is 12.7 Å². The van der Waals surface area contributed by atoms with Gasteiger partial charge >= 0.3 is 5.97 Å². The number of benzene rings is 2. The molecular weight excluding hydrogens is 414 g/mol. The van der Waals surface area contributed by atoms with Crippen LogP contribution in [0.4, 0.5) is 0 Å². The van der Waals surface area contributed by atoms with E-state index in [0.717, 1.165) is 39.0 Å². The number of rotatable bonds is 6. The maximum atomic E-state index is 12.4. The fourth-order valence-electron chi connectivity index (χ4n) is 4.15. The SMILES string of the molecule is CCn1cc(C#N)c2c(-c3c(C)ccc(OCc4ccccc4)c3C)cc(C(=O)OC)nc21. The van der Waals surface area contributed by atoms with Gasteiger partial charge in [-0.25, -0.2) is 9.78 Å². The molecule has 0 fully saturated rings. The summed E-state index contributed by atoms with van der Waals surface area (Å²) in [6, 6.07) is 17.9. The zero-order valence-corrected chi connectivity index (χ0v) is 19.2. The molecule has 0 saturated carbocycles. The molecule has 0 aliphatic carbocycles. The Morgan fingerprint density at radius 3 is 2.58 bits per heavy atom. The van der Waals surface area contributed by atoms with Crippen LogP contribution in [0.5, 0.6) is 5.75 Å². The summed E-state index contributed by atoms with van der Waals surface area (Å²) >= 11 is 0. The van der Waals surface area contributed by atoms with E-state index in [1.54, 1.807) is 12.3 Å². The van der Waals surface area contributed by atoms with Gasteiger partial charge in [-0.1, -0.05) is 36.4 Å². The normalized spacial score (nSPS) is 10.8. The molecule has 166 valence electrons. The summed E-state index contributed by atoms with van der Waals surface area (Å²) < 4.78 is 13.0. The highest BCUT2D eigenvalue weighted by Crippen LogP contribution is 2.39. The Morgan fingerprint density at radius 2 is 1.91 bits per heavy atom. The van der Waals surface area contributed by atoms with Gasteiger partial charge in [-0.2, -0.15) is 5.26 Å². The maximum absolute atomic E-state index is 12.4. The van der Waals surface area contributed by atoms with Gasteiger partial charge < -0.3 is 14.0 Å². The Balaban J connectivity index is 1.93. The molecule has 0 amide bonds. The summed E-state index contributed by atoms with van der Waals surface area (Å²) in [4.78, 5) is 17.0. The van der Waals surface area contributed by atoms with Crippen LogP contribution in [0.2, 0.25) is 0 Å². The number of ether oxygens (including phenoxy) is 2. The molecule has 4 aromatic rings. The number of fused-ring (bicyclic) bond motifs is 1. The van der Waals surface area contributed by atoms with Crippen LogP contribution in [0.1, 0.15) is 39.7 Å². The van der Waals surface area contributed by atoms with Gasteiger partial charge in [0.15, 0.2) is 5.69 Å². The molecule has 0 atom stereocenters. The zero-order valence-electron chi connectivity index (χ0n) is 19.2. The Bertz CT molecular complexity index is 1380. The molecular formula is C27H25N3O3. The molecule has 0 bridgehead atoms. The van der Waals surface area contributed by atoms with Gasteiger partial charge in [-0.05, 0) is 60.7 Å². The van der Waals surface area contributed by atoms with Crippen LogP contribution in [-0.2, 0) is 17.9 Å². The summed E-state index contributed by atoms with van der Waals surface area (Å²) in [6.45, 7) is 7.04. The van der Waals surface area contributed by atoms with Crippen LogP contribution in [0.25, 0.3) is 22.2 Å². The molecule has 0 N–H and O–H groups in total. The van der Waals surface area contributed by atoms with Crippen LogP contribution in [0, 0.1) is 25.2 Å². The van der Waals surface area contributed by atoms with E-state index < -0.39 is 5.97 Å². The predicted molar refractivity (Wildman–Crippen MR) is 127 cm³/mol. The van der Waals surface area contributed by atoms with Crippen molar-refractivity contribution in [3.8, 4) is 22.9 Å². The maximum Gasteiger partial charge on any atom is 0.356 e. The van der Waals surface area contributed by atoms with E-state index in [2.05, 4.69) is 11.1 Å². The summed E-state index contributed by atoms with van der Waals surface area (Å²) in [5.41, 5.74) is 6.00. The lowest BCUT2D eigenvalue weighted by molar-refractivity contribution is 0.0594. The molecule has 0 spiro atoms. The third-order valence-electron chi connectivity index (χ3n) is 5.81. The molecule has 2 aromatic carbocycles. The predicted octanol–water partition coefficient (Wildman–Crippen LogP) is 5.58. The number of aryl methyl sites for hydroxylation is 2. The van der Waals surface area contributed by atoms with Crippen LogP contribution in [0.15, 0.2) is 54.7 Å². The quantitative estimate of drug-likeness (QED) is 0.367. The van der Waals surface area contributed by atoms with Gasteiger partial charge in [0, 0.05) is 18.1 Å². The van der Waals surface area contributed by atoms with Crippen molar-refractivity contribution in [2.24, 2.45) is 0 Å². The number of carbonyl (C=O) groups is 1. The monoisotopic (exact) mass is 439 g/mol. The number of nitriles is 1. The minimum Gasteiger partial charge on any atom is -0.489 e. The number of methoxy groups -OCH3 is 1. The third kappa shape index (κ3) is 4.06. The van der Waals surface area contributed by atoms with E-state index in [0.29, 0.717) is 24.4 Å². The summed E-state index contributed by atoms with van der Waals surface area (Å²) in [6.07, 6.45) is 1.78. The zero-order chi connectivity index (χ0) is 23.5. The van der Waals surface area contributed by atoms with Gasteiger partial charge in [-0.15, -0.1) is 0 Å². The molecule has 33 heavy (non-hydrogen) atoms. The van der Waals surface area contributed by atoms with Crippen LogP contribution >= 0.6 is 0 Å². The average molecular weight is 440 g/mol. The lowest BCUT2D eigenvalue weighted by Crippen LogP contribution is -2.07. The van der Waals surface area contributed by atoms with E-state index in [9.17, 15) is 10.1 Å². The first-order valence-corrected chi connectivity index (χ1v) is 10.8. The van der Waals surface area contributed by atoms with Crippen molar-refractivity contribution >= 4 is 17.0 Å². The Morgan fingerprint density at radius 1 is 1.15 bits per heavy atom. The van der Waals surface area contributed by atoms with Gasteiger partial charge in [0.2, 0.25) is 0 Å². The van der Waals surface area contributed by atoms with Gasteiger partial charge in [-0.3, -0.25) is 0 Å². The van der Waals surface area contributed by atoms with Crippen molar-refractivity contribution in [1.82, 2.24) is 9.55 Å². The van der Waals surface area contributed by atoms with Crippen molar-refractivity contribution in [3.63, 3.8) is 0 Å². The molecule has 0 unspecified atom stereocenters. The van der Waals surface area contributed by atoms with Crippen LogP contribution in [0.3, 0.4) is 0 Å². The molecule has 0 radical (unpaired) electrons. The first kappa shape index (κ1) is 22.1. The highest BCUT2D eigenvalue weighted by Gasteiger charge is 2.22. The van der Waals surface area contributed by atoms with E-state index in [-0.39, 0.29) is 5.69 Å². The minimum absolute atomic E-state index is 0.201. The molecule has 0 saturated heterocycles. The largest absolute Gasteiger partial charge is 0.489 e. The molecule has 0 aliphatic rings. The van der Waals surface area contributed by atoms with Gasteiger partial charge in [0.1, 0.15) is 24.1 Å². The number of hydrogen-bond acceptors (Lipinski definition) is 5. The third-order valence-corrected chi connectivity index (χ3v) is 5.81. The second-order valence-electron chi connectivity index (χ2n) is 7.84. The number of esters is 1. The van der Waals surface area contributed by atoms with E-state index in [4.69, 9.17) is 9.47 Å². The molecule has 2 heterocycles. The number of hydrogen-bond donors (Lipinski definition) is 0. The summed E-state index contributed by atoms with van der Waals surface area (Å²) in [7, 11) is 1.34. The van der Waals surface area contributed by atoms with E-state index in [1.165, 1.54) is 7.11 Å². The van der Waals surface area contributed by atoms with Crippen molar-refractivity contribution in [1.29, 1.82) is 5.26 Å². The first-order valence-electron chi connectivity index (χ1n) is 10.8. The lowest BCUT2D eigenvalue weighted by Gasteiger charge is -2.17. The van der Waals surface area contributed by atoms with Crippen LogP contribution in [-0.4, -0.2) is 22.6 Å². The highest BCUT2D eigenvalue weighted by molar-refractivity contribution is 6.03. The second-order valence-corrected chi connectivity index (χ2v) is 7.84. The highest BCUT2D eigenvalue weighted by atomic mass is 16.5. The topological polar surface area (TPSA) is 77.1 Å². The number of aromatic nitrogens is 2. The van der Waals surface area contributed by atoms with Gasteiger partial charge in [0.25, 0.3) is 0 Å². The number of pyridine rings is 1. The fourth-order valence-corrected chi connectivity index (χ4v) is 4.15. The summed E-state index contributed by atoms with van der Waals surface area (Å²) in [5, 5.41) is 10.6. The van der Waals surface area contributed by atoms with Crippen molar-refractivity contribution in [2.45, 2.75) is 33.9 Å². The Hall–Kier alpha value is -4.11. The molecule has 6 heteroatoms. The first-order chi connectivity index (χ1) is 16.0. The lowest BCUT2D eigenvalue weighted by atomic mass is 9.92. The standard InChI is InChI=1S/C27H25N3O3/c1-5-30-15-20(14-28)25-21(13-22(27(31)32-4)29-26(25)30)24-17(2)11-12-23(18(24)3)33-16-19-9-7-6-8-10-19/h6-13,15H,5,16H2,1-4H3. The molecule has 6 nitrogen and oxygen atoms in total. The molecule has 2 aromatic heterocycles. The van der Waals surface area contributed by atoms with E-state index in [1.807, 2.05) is 67.8 Å². The Labute approximate surface area is 193 Å². The number of carbonyl (C=O) groups excluding carboxylic acids is 1. The van der Waals surface area contributed by atoms with E-state index >= 15 is 0 Å². The second kappa shape index (κ2) is 9.17. The van der Waals surface area contributed by atoms with Crippen LogP contribution < -0.4 is 4.74 Å². The average Bonchev–Trinajstić information content (AvgIpc) is 3.21. The fraction of sp³-hybridized carbons (Fsp3) is 0.222.